The van der Waals surface area contributed by atoms with Crippen molar-refractivity contribution in [2.75, 3.05) is 13.1 Å². The molecule has 0 fully saturated rings. The monoisotopic (exact) mass is 203 g/mol. The Morgan fingerprint density at radius 2 is 2.14 bits per heavy atom. The van der Waals surface area contributed by atoms with Crippen LogP contribution in [0.15, 0.2) is 5.18 Å². The number of nitrogens with two attached hydrogens (primary N) is 1. The van der Waals surface area contributed by atoms with E-state index in [1.165, 1.54) is 0 Å². The molecule has 14 heavy (non-hydrogen) atoms. The molecule has 0 aromatic carbocycles. The molecule has 0 heterocycles. The highest BCUT2D eigenvalue weighted by Gasteiger charge is 2.28. The van der Waals surface area contributed by atoms with Gasteiger partial charge in [-0.15, -0.1) is 0 Å². The Balaban J connectivity index is 4.10. The van der Waals surface area contributed by atoms with E-state index in [4.69, 9.17) is 5.73 Å². The Kier molecular flexibility index (Phi) is 5.83. The molecule has 0 aromatic heterocycles. The number of rotatable bonds is 7. The summed E-state index contributed by atoms with van der Waals surface area (Å²) in [4.78, 5) is 10.5. The van der Waals surface area contributed by atoms with Crippen LogP contribution in [-0.4, -0.2) is 35.9 Å². The lowest BCUT2D eigenvalue weighted by molar-refractivity contribution is 0.160. The average molecular weight is 203 g/mol. The first-order valence-electron chi connectivity index (χ1n) is 4.93. The third-order valence-corrected chi connectivity index (χ3v) is 2.41. The molecule has 0 aliphatic heterocycles. The van der Waals surface area contributed by atoms with Crippen LogP contribution in [0, 0.1) is 4.91 Å². The number of nitrogens with one attached hydrogen (secondary N) is 1. The predicted molar refractivity (Wildman–Crippen MR) is 57.0 cm³/mol. The zero-order valence-corrected chi connectivity index (χ0v) is 9.16. The van der Waals surface area contributed by atoms with Crippen LogP contribution in [0.25, 0.3) is 0 Å². The molecule has 0 amide bonds. The van der Waals surface area contributed by atoms with Gasteiger partial charge in [-0.05, 0) is 20.3 Å². The Bertz CT molecular complexity index is 173. The van der Waals surface area contributed by atoms with Gasteiger partial charge < -0.3 is 16.2 Å². The summed E-state index contributed by atoms with van der Waals surface area (Å²) in [5.41, 5.74) is 4.87. The smallest absolute Gasteiger partial charge is 0.109 e. The highest BCUT2D eigenvalue weighted by Crippen LogP contribution is 2.15. The highest BCUT2D eigenvalue weighted by molar-refractivity contribution is 4.90. The van der Waals surface area contributed by atoms with Gasteiger partial charge >= 0.3 is 0 Å². The van der Waals surface area contributed by atoms with Gasteiger partial charge in [0.05, 0.1) is 6.10 Å². The maximum absolute atomic E-state index is 10.5. The number of aliphatic hydroxyl groups excluding tert-OH is 1. The lowest BCUT2D eigenvalue weighted by atomic mass is 9.93. The van der Waals surface area contributed by atoms with Gasteiger partial charge in [0, 0.05) is 18.6 Å². The van der Waals surface area contributed by atoms with E-state index in [1.54, 1.807) is 0 Å². The molecule has 5 heteroatoms. The molecule has 0 saturated heterocycles. The Labute approximate surface area is 85.0 Å². The SMILES string of the molecule is CCC(N=O)C(C)(C)NCC(O)CN. The van der Waals surface area contributed by atoms with E-state index in [0.29, 0.717) is 13.0 Å². The van der Waals surface area contributed by atoms with Crippen LogP contribution in [-0.2, 0) is 0 Å². The summed E-state index contributed by atoms with van der Waals surface area (Å²) in [6, 6.07) is -0.285. The summed E-state index contributed by atoms with van der Waals surface area (Å²) in [5, 5.41) is 15.4. The fraction of sp³-hybridized carbons (Fsp3) is 1.00. The predicted octanol–water partition coefficient (Wildman–Crippen LogP) is 0.219. The number of nitroso groups, excluding NO2 is 1. The molecule has 0 aliphatic carbocycles. The van der Waals surface area contributed by atoms with Gasteiger partial charge in [0.15, 0.2) is 0 Å². The second-order valence-corrected chi connectivity index (χ2v) is 4.02. The van der Waals surface area contributed by atoms with Crippen molar-refractivity contribution in [3.8, 4) is 0 Å². The van der Waals surface area contributed by atoms with Crippen molar-refractivity contribution >= 4 is 0 Å². The average Bonchev–Trinajstić information content (AvgIpc) is 2.15. The summed E-state index contributed by atoms with van der Waals surface area (Å²) in [6.45, 7) is 6.30. The van der Waals surface area contributed by atoms with Crippen molar-refractivity contribution in [2.45, 2.75) is 44.9 Å². The lowest BCUT2D eigenvalue weighted by Gasteiger charge is -2.31. The zero-order chi connectivity index (χ0) is 11.2. The molecule has 0 saturated carbocycles. The minimum atomic E-state index is -0.571. The van der Waals surface area contributed by atoms with E-state index in [2.05, 4.69) is 10.5 Å². The van der Waals surface area contributed by atoms with E-state index in [1.807, 2.05) is 20.8 Å². The summed E-state index contributed by atoms with van der Waals surface area (Å²) < 4.78 is 0. The molecule has 4 N–H and O–H groups in total. The van der Waals surface area contributed by atoms with Gasteiger partial charge in [0.2, 0.25) is 0 Å². The van der Waals surface area contributed by atoms with E-state index in [-0.39, 0.29) is 12.6 Å². The minimum absolute atomic E-state index is 0.217. The van der Waals surface area contributed by atoms with Crippen LogP contribution in [0.1, 0.15) is 27.2 Å². The van der Waals surface area contributed by atoms with Gasteiger partial charge in [-0.1, -0.05) is 12.1 Å². The standard InChI is InChI=1S/C9H21N3O2/c1-4-8(12-14)9(2,3)11-6-7(13)5-10/h7-8,11,13H,4-6,10H2,1-3H3. The Hall–Kier alpha value is -0.520. The van der Waals surface area contributed by atoms with Gasteiger partial charge in [-0.3, -0.25) is 0 Å². The summed E-state index contributed by atoms with van der Waals surface area (Å²) in [5.74, 6) is 0. The molecule has 5 nitrogen and oxygen atoms in total. The molecular formula is C9H21N3O2. The van der Waals surface area contributed by atoms with Crippen molar-refractivity contribution in [2.24, 2.45) is 10.9 Å². The van der Waals surface area contributed by atoms with E-state index in [9.17, 15) is 10.0 Å². The first-order chi connectivity index (χ1) is 6.47. The summed E-state index contributed by atoms with van der Waals surface area (Å²) in [7, 11) is 0. The quantitative estimate of drug-likeness (QED) is 0.516. The molecule has 84 valence electrons. The largest absolute Gasteiger partial charge is 0.390 e. The fourth-order valence-corrected chi connectivity index (χ4v) is 1.30. The fourth-order valence-electron chi connectivity index (χ4n) is 1.30. The van der Waals surface area contributed by atoms with Gasteiger partial charge in [0.25, 0.3) is 0 Å². The highest BCUT2D eigenvalue weighted by atomic mass is 16.3. The van der Waals surface area contributed by atoms with Crippen LogP contribution < -0.4 is 11.1 Å². The van der Waals surface area contributed by atoms with Crippen molar-refractivity contribution in [3.63, 3.8) is 0 Å². The molecule has 0 aromatic rings. The van der Waals surface area contributed by atoms with Crippen molar-refractivity contribution in [1.82, 2.24) is 5.32 Å². The van der Waals surface area contributed by atoms with Crippen molar-refractivity contribution in [3.05, 3.63) is 4.91 Å². The Morgan fingerprint density at radius 3 is 2.50 bits per heavy atom. The molecule has 0 bridgehead atoms. The molecule has 0 spiro atoms. The molecule has 2 unspecified atom stereocenters. The Morgan fingerprint density at radius 1 is 1.57 bits per heavy atom. The van der Waals surface area contributed by atoms with Gasteiger partial charge in [-0.25, -0.2) is 0 Å². The summed E-state index contributed by atoms with van der Waals surface area (Å²) in [6.07, 6.45) is 0.112. The number of hydrogen-bond donors (Lipinski definition) is 3. The normalized spacial score (nSPS) is 16.4. The van der Waals surface area contributed by atoms with Crippen molar-refractivity contribution < 1.29 is 5.11 Å². The van der Waals surface area contributed by atoms with Crippen molar-refractivity contribution in [1.29, 1.82) is 0 Å². The molecular weight excluding hydrogens is 182 g/mol. The molecule has 0 radical (unpaired) electrons. The maximum atomic E-state index is 10.5. The second kappa shape index (κ2) is 6.06. The zero-order valence-electron chi connectivity index (χ0n) is 9.16. The van der Waals surface area contributed by atoms with Gasteiger partial charge in [0.1, 0.15) is 6.04 Å². The number of β-amino-alcohol motifs (C(OH)–C–C–N with tert-alkyl or cyclic N) is 1. The number of hydrogen-bond acceptors (Lipinski definition) is 5. The van der Waals surface area contributed by atoms with Crippen LogP contribution in [0.4, 0.5) is 0 Å². The van der Waals surface area contributed by atoms with Gasteiger partial charge in [-0.2, -0.15) is 4.91 Å². The molecule has 0 rings (SSSR count). The third-order valence-electron chi connectivity index (χ3n) is 2.41. The first-order valence-corrected chi connectivity index (χ1v) is 4.93. The van der Waals surface area contributed by atoms with Crippen LogP contribution >= 0.6 is 0 Å². The van der Waals surface area contributed by atoms with E-state index in [0.717, 1.165) is 0 Å². The molecule has 0 aliphatic rings. The minimum Gasteiger partial charge on any atom is -0.390 e. The van der Waals surface area contributed by atoms with Crippen LogP contribution in [0.5, 0.6) is 0 Å². The van der Waals surface area contributed by atoms with Crippen LogP contribution in [0.3, 0.4) is 0 Å². The second-order valence-electron chi connectivity index (χ2n) is 4.02. The summed E-state index contributed by atoms with van der Waals surface area (Å²) >= 11 is 0. The maximum Gasteiger partial charge on any atom is 0.109 e. The number of nitrogens with zero attached hydrogens (tertiary/aromatic N) is 1. The lowest BCUT2D eigenvalue weighted by Crippen LogP contribution is -2.51. The number of aliphatic hydroxyl groups is 1. The first kappa shape index (κ1) is 13.5. The van der Waals surface area contributed by atoms with Crippen LogP contribution in [0.2, 0.25) is 0 Å². The molecule has 2 atom stereocenters. The topological polar surface area (TPSA) is 87.7 Å². The van der Waals surface area contributed by atoms with E-state index >= 15 is 0 Å². The van der Waals surface area contributed by atoms with E-state index < -0.39 is 11.6 Å². The third kappa shape index (κ3) is 4.13.